The summed E-state index contributed by atoms with van der Waals surface area (Å²) in [6, 6.07) is 1.84. The molecule has 0 saturated heterocycles. The Balaban J connectivity index is 2.43. The molecule has 29 heavy (non-hydrogen) atoms. The van der Waals surface area contributed by atoms with Gasteiger partial charge in [-0.2, -0.15) is 8.42 Å². The molecule has 1 aromatic carbocycles. The molecule has 0 bridgehead atoms. The van der Waals surface area contributed by atoms with Gasteiger partial charge in [0.2, 0.25) is 10.0 Å². The van der Waals surface area contributed by atoms with Gasteiger partial charge in [0.1, 0.15) is 16.1 Å². The van der Waals surface area contributed by atoms with Crippen LogP contribution < -0.4 is 10.5 Å². The number of benzene rings is 1. The number of anilines is 1. The predicted octanol–water partition coefficient (Wildman–Crippen LogP) is 2.69. The Bertz CT molecular complexity index is 1000. The molecular formula is C18H29ClN4O4S2. The van der Waals surface area contributed by atoms with Gasteiger partial charge in [0.25, 0.3) is 10.0 Å². The number of halogens is 1. The van der Waals surface area contributed by atoms with Crippen molar-refractivity contribution < 1.29 is 16.8 Å². The first kappa shape index (κ1) is 23.9. The first-order valence-corrected chi connectivity index (χ1v) is 12.5. The van der Waals surface area contributed by atoms with Crippen LogP contribution in [-0.2, 0) is 20.0 Å². The van der Waals surface area contributed by atoms with E-state index < -0.39 is 24.9 Å². The lowest BCUT2D eigenvalue weighted by Crippen LogP contribution is -2.43. The third-order valence-corrected chi connectivity index (χ3v) is 8.02. The first-order chi connectivity index (χ1) is 13.1. The number of nitrogen functional groups attached to an aromatic ring is 1. The minimum Gasteiger partial charge on any atom is -0.398 e. The molecule has 8 nitrogen and oxygen atoms in total. The molecule has 1 fully saturated rings. The SMILES string of the molecule is CC1CC(NS(=O)(=O)c2cc(S(=O)(=O)/N=C/N(C)C)c(Cl)cc2N)CC(C)(C)C1. The van der Waals surface area contributed by atoms with Crippen molar-refractivity contribution in [3.05, 3.63) is 17.2 Å². The van der Waals surface area contributed by atoms with Crippen molar-refractivity contribution in [3.63, 3.8) is 0 Å². The summed E-state index contributed by atoms with van der Waals surface area (Å²) < 4.78 is 57.3. The summed E-state index contributed by atoms with van der Waals surface area (Å²) in [5.74, 6) is 0.366. The Hall–Kier alpha value is -1.36. The number of hydrogen-bond donors (Lipinski definition) is 2. The van der Waals surface area contributed by atoms with Crippen LogP contribution in [0.25, 0.3) is 0 Å². The standard InChI is InChI=1S/C18H29ClN4O4S2/c1-12-6-13(10-18(2,3)9-12)22-29(26,27)17-8-16(14(19)7-15(17)20)28(24,25)21-11-23(4)5/h7-8,11-13,22H,6,9-10,20H2,1-5H3/b21-11+. The molecule has 0 heterocycles. The van der Waals surface area contributed by atoms with Crippen LogP contribution in [0.3, 0.4) is 0 Å². The predicted molar refractivity (Wildman–Crippen MR) is 116 cm³/mol. The van der Waals surface area contributed by atoms with Gasteiger partial charge in [-0.05, 0) is 42.7 Å². The number of rotatable bonds is 6. The van der Waals surface area contributed by atoms with Crippen LogP contribution in [0, 0.1) is 11.3 Å². The molecule has 1 aliphatic rings. The normalized spacial score (nSPS) is 22.7. The van der Waals surface area contributed by atoms with Gasteiger partial charge >= 0.3 is 0 Å². The average molecular weight is 465 g/mol. The van der Waals surface area contributed by atoms with E-state index in [1.165, 1.54) is 4.90 Å². The van der Waals surface area contributed by atoms with Gasteiger partial charge in [0.15, 0.2) is 0 Å². The fraction of sp³-hybridized carbons (Fsp3) is 0.611. The third kappa shape index (κ3) is 6.07. The minimum atomic E-state index is -4.20. The highest BCUT2D eigenvalue weighted by molar-refractivity contribution is 7.91. The molecule has 0 radical (unpaired) electrons. The maximum absolute atomic E-state index is 13.0. The van der Waals surface area contributed by atoms with Crippen molar-refractivity contribution in [2.24, 2.45) is 15.7 Å². The molecule has 0 aromatic heterocycles. The molecule has 1 aliphatic carbocycles. The van der Waals surface area contributed by atoms with Gasteiger partial charge in [-0.3, -0.25) is 0 Å². The summed E-state index contributed by atoms with van der Waals surface area (Å²) in [5.41, 5.74) is 5.76. The maximum atomic E-state index is 13.0. The molecule has 0 spiro atoms. The van der Waals surface area contributed by atoms with Crippen LogP contribution in [0.1, 0.15) is 40.0 Å². The molecule has 1 aromatic rings. The van der Waals surface area contributed by atoms with E-state index in [9.17, 15) is 16.8 Å². The van der Waals surface area contributed by atoms with Crippen LogP contribution in [0.4, 0.5) is 5.69 Å². The number of hydrogen-bond acceptors (Lipinski definition) is 5. The van der Waals surface area contributed by atoms with E-state index in [0.717, 1.165) is 24.9 Å². The van der Waals surface area contributed by atoms with Gasteiger partial charge in [-0.15, -0.1) is 4.40 Å². The van der Waals surface area contributed by atoms with Gasteiger partial charge in [-0.1, -0.05) is 32.4 Å². The Morgan fingerprint density at radius 3 is 2.38 bits per heavy atom. The van der Waals surface area contributed by atoms with Crippen molar-refractivity contribution in [2.45, 2.75) is 55.9 Å². The van der Waals surface area contributed by atoms with Crippen LogP contribution in [0.2, 0.25) is 5.02 Å². The number of nitrogens with one attached hydrogen (secondary N) is 1. The van der Waals surface area contributed by atoms with Crippen LogP contribution in [0.5, 0.6) is 0 Å². The zero-order valence-corrected chi connectivity index (χ0v) is 19.7. The zero-order valence-electron chi connectivity index (χ0n) is 17.3. The fourth-order valence-electron chi connectivity index (χ4n) is 3.91. The van der Waals surface area contributed by atoms with E-state index in [2.05, 4.69) is 29.9 Å². The van der Waals surface area contributed by atoms with Crippen LogP contribution in [0.15, 0.2) is 26.3 Å². The second kappa shape index (κ2) is 8.41. The van der Waals surface area contributed by atoms with Crippen LogP contribution >= 0.6 is 11.6 Å². The van der Waals surface area contributed by atoms with Crippen LogP contribution in [-0.4, -0.2) is 48.2 Å². The van der Waals surface area contributed by atoms with Crippen molar-refractivity contribution in [3.8, 4) is 0 Å². The number of nitrogens with zero attached hydrogens (tertiary/aromatic N) is 2. The highest BCUT2D eigenvalue weighted by Gasteiger charge is 2.35. The highest BCUT2D eigenvalue weighted by atomic mass is 35.5. The van der Waals surface area contributed by atoms with E-state index in [4.69, 9.17) is 17.3 Å². The minimum absolute atomic E-state index is 0.00574. The van der Waals surface area contributed by atoms with Gasteiger partial charge < -0.3 is 10.6 Å². The number of sulfonamides is 2. The molecule has 3 N–H and O–H groups in total. The Labute approximate surface area is 178 Å². The van der Waals surface area contributed by atoms with Crippen molar-refractivity contribution >= 4 is 43.7 Å². The molecule has 2 rings (SSSR count). The van der Waals surface area contributed by atoms with Crippen molar-refractivity contribution in [2.75, 3.05) is 19.8 Å². The molecule has 2 atom stereocenters. The molecule has 2 unspecified atom stereocenters. The monoisotopic (exact) mass is 464 g/mol. The maximum Gasteiger partial charge on any atom is 0.285 e. The molecule has 11 heteroatoms. The molecular weight excluding hydrogens is 436 g/mol. The Morgan fingerprint density at radius 1 is 1.21 bits per heavy atom. The lowest BCUT2D eigenvalue weighted by atomic mass is 9.71. The van der Waals surface area contributed by atoms with Gasteiger partial charge in [-0.25, -0.2) is 13.1 Å². The lowest BCUT2D eigenvalue weighted by Gasteiger charge is -2.39. The zero-order chi connectivity index (χ0) is 22.2. The molecule has 0 amide bonds. The molecule has 0 aliphatic heterocycles. The van der Waals surface area contributed by atoms with E-state index in [1.54, 1.807) is 14.1 Å². The van der Waals surface area contributed by atoms with Crippen molar-refractivity contribution in [1.29, 1.82) is 0 Å². The summed E-state index contributed by atoms with van der Waals surface area (Å²) in [4.78, 5) is 0.703. The lowest BCUT2D eigenvalue weighted by molar-refractivity contribution is 0.163. The van der Waals surface area contributed by atoms with Crippen molar-refractivity contribution in [1.82, 2.24) is 9.62 Å². The fourth-order valence-corrected chi connectivity index (χ4v) is 6.84. The Kier molecular flexibility index (Phi) is 6.93. The summed E-state index contributed by atoms with van der Waals surface area (Å²) >= 11 is 6.04. The first-order valence-electron chi connectivity index (χ1n) is 9.21. The third-order valence-electron chi connectivity index (χ3n) is 4.76. The Morgan fingerprint density at radius 2 is 1.83 bits per heavy atom. The van der Waals surface area contributed by atoms with E-state index in [1.807, 2.05) is 0 Å². The van der Waals surface area contributed by atoms with E-state index in [0.29, 0.717) is 18.8 Å². The topological polar surface area (TPSA) is 122 Å². The molecule has 164 valence electrons. The molecule has 1 saturated carbocycles. The largest absolute Gasteiger partial charge is 0.398 e. The van der Waals surface area contributed by atoms with E-state index >= 15 is 0 Å². The highest BCUT2D eigenvalue weighted by Crippen LogP contribution is 2.39. The second-order valence-corrected chi connectivity index (χ2v) is 12.4. The quantitative estimate of drug-likeness (QED) is 0.379. The summed E-state index contributed by atoms with van der Waals surface area (Å²) in [6.07, 6.45) is 3.50. The summed E-state index contributed by atoms with van der Waals surface area (Å²) in [7, 11) is -5.04. The second-order valence-electron chi connectivity index (χ2n) is 8.71. The van der Waals surface area contributed by atoms with Gasteiger partial charge in [0, 0.05) is 20.1 Å². The average Bonchev–Trinajstić information content (AvgIpc) is 2.49. The smallest absolute Gasteiger partial charge is 0.285 e. The summed E-state index contributed by atoms with van der Waals surface area (Å²) in [5, 5.41) is -0.190. The summed E-state index contributed by atoms with van der Waals surface area (Å²) in [6.45, 7) is 6.30. The van der Waals surface area contributed by atoms with E-state index in [-0.39, 0.29) is 27.1 Å². The van der Waals surface area contributed by atoms with Gasteiger partial charge in [0.05, 0.1) is 10.7 Å². The number of nitrogens with two attached hydrogens (primary N) is 1.